The molecular weight excluding hydrogens is 366 g/mol. The molecule has 0 saturated heterocycles. The first-order chi connectivity index (χ1) is 12.5. The van der Waals surface area contributed by atoms with E-state index in [1.165, 1.54) is 18.2 Å². The maximum absolute atomic E-state index is 13.7. The molecule has 0 radical (unpaired) electrons. The minimum absolute atomic E-state index is 0.104. The lowest BCUT2D eigenvalue weighted by Gasteiger charge is -2.01. The molecule has 0 bridgehead atoms. The van der Waals surface area contributed by atoms with Crippen molar-refractivity contribution in [3.05, 3.63) is 77.0 Å². The number of hydrogen-bond donors (Lipinski definition) is 1. The Kier molecular flexibility index (Phi) is 5.28. The topological polar surface area (TPSA) is 63.8 Å². The summed E-state index contributed by atoms with van der Waals surface area (Å²) >= 11 is 5.74. The number of rotatable bonds is 4. The minimum Gasteiger partial charge on any atom is -0.455 e. The molecule has 0 saturated carbocycles. The number of nitrogens with zero attached hydrogens (tertiary/aromatic N) is 1. The fourth-order valence-corrected chi connectivity index (χ4v) is 2.18. The number of amides is 1. The Morgan fingerprint density at radius 1 is 1.12 bits per heavy atom. The summed E-state index contributed by atoms with van der Waals surface area (Å²) in [5, 5.41) is 6.47. The lowest BCUT2D eigenvalue weighted by molar-refractivity contribution is 0.167. The molecule has 1 aromatic heterocycles. The average Bonchev–Trinajstić information content (AvgIpc) is 3.05. The first kappa shape index (κ1) is 17.6. The Balaban J connectivity index is 1.60. The number of carbonyl (C=O) groups excluding carboxylic acids is 1. The molecule has 1 amide bonds. The molecule has 0 aliphatic rings. The van der Waals surface area contributed by atoms with Crippen molar-refractivity contribution in [1.29, 1.82) is 0 Å². The summed E-state index contributed by atoms with van der Waals surface area (Å²) in [5.41, 5.74) is 0.592. The van der Waals surface area contributed by atoms with Crippen LogP contribution >= 0.6 is 11.6 Å². The summed E-state index contributed by atoms with van der Waals surface area (Å²) in [5.74, 6) is -1.02. The smallest absolute Gasteiger partial charge is 0.437 e. The largest absolute Gasteiger partial charge is 0.455 e. The van der Waals surface area contributed by atoms with E-state index in [1.807, 2.05) is 0 Å². The van der Waals surface area contributed by atoms with Crippen molar-refractivity contribution in [1.82, 2.24) is 0 Å². The molecule has 8 heteroatoms. The number of hydrogen-bond acceptors (Lipinski definition) is 4. The van der Waals surface area contributed by atoms with E-state index in [0.29, 0.717) is 10.7 Å². The Bertz CT molecular complexity index is 955. The second-order valence-corrected chi connectivity index (χ2v) is 5.51. The third-order valence-electron chi connectivity index (χ3n) is 3.23. The average molecular weight is 377 g/mol. The van der Waals surface area contributed by atoms with Gasteiger partial charge in [0.2, 0.25) is 0 Å². The number of halogens is 3. The van der Waals surface area contributed by atoms with E-state index in [-0.39, 0.29) is 17.1 Å². The Hall–Kier alpha value is -3.19. The van der Waals surface area contributed by atoms with E-state index in [1.54, 1.807) is 24.3 Å². The molecule has 132 valence electrons. The Labute approximate surface area is 151 Å². The van der Waals surface area contributed by atoms with Crippen LogP contribution in [0.1, 0.15) is 5.76 Å². The Morgan fingerprint density at radius 2 is 1.88 bits per heavy atom. The predicted octanol–water partition coefficient (Wildman–Crippen LogP) is 5.46. The lowest BCUT2D eigenvalue weighted by atomic mass is 10.1. The fraction of sp³-hybridized carbons (Fsp3) is 0. The Morgan fingerprint density at radius 3 is 2.62 bits per heavy atom. The van der Waals surface area contributed by atoms with Gasteiger partial charge in [-0.2, -0.15) is 0 Å². The zero-order valence-corrected chi connectivity index (χ0v) is 13.8. The van der Waals surface area contributed by atoms with Gasteiger partial charge in [-0.1, -0.05) is 16.8 Å². The van der Waals surface area contributed by atoms with Gasteiger partial charge in [-0.15, -0.1) is 0 Å². The fourth-order valence-electron chi connectivity index (χ4n) is 2.06. The molecule has 3 rings (SSSR count). The van der Waals surface area contributed by atoms with Crippen molar-refractivity contribution in [2.24, 2.45) is 5.16 Å². The van der Waals surface area contributed by atoms with E-state index in [4.69, 9.17) is 16.0 Å². The first-order valence-corrected chi connectivity index (χ1v) is 7.71. The van der Waals surface area contributed by atoms with Crippen molar-refractivity contribution >= 4 is 29.6 Å². The van der Waals surface area contributed by atoms with E-state index in [2.05, 4.69) is 15.3 Å². The van der Waals surface area contributed by atoms with Gasteiger partial charge in [0.25, 0.3) is 0 Å². The highest BCUT2D eigenvalue weighted by Crippen LogP contribution is 2.25. The van der Waals surface area contributed by atoms with Crippen LogP contribution in [0.3, 0.4) is 0 Å². The highest BCUT2D eigenvalue weighted by molar-refractivity contribution is 6.30. The monoisotopic (exact) mass is 376 g/mol. The van der Waals surface area contributed by atoms with Crippen molar-refractivity contribution in [3.63, 3.8) is 0 Å². The zero-order valence-electron chi connectivity index (χ0n) is 13.1. The van der Waals surface area contributed by atoms with E-state index in [0.717, 1.165) is 18.3 Å². The number of anilines is 1. The predicted molar refractivity (Wildman–Crippen MR) is 93.2 cm³/mol. The summed E-state index contributed by atoms with van der Waals surface area (Å²) in [6, 6.07) is 12.6. The molecule has 0 aliphatic heterocycles. The van der Waals surface area contributed by atoms with Crippen LogP contribution < -0.4 is 5.32 Å². The van der Waals surface area contributed by atoms with Crippen LogP contribution in [0, 0.1) is 11.6 Å². The van der Waals surface area contributed by atoms with Gasteiger partial charge >= 0.3 is 6.09 Å². The van der Waals surface area contributed by atoms with Crippen LogP contribution in [-0.4, -0.2) is 12.3 Å². The van der Waals surface area contributed by atoms with Crippen LogP contribution in [0.2, 0.25) is 5.02 Å². The maximum atomic E-state index is 13.7. The van der Waals surface area contributed by atoms with E-state index >= 15 is 0 Å². The summed E-state index contributed by atoms with van der Waals surface area (Å²) in [6.07, 6.45) is 0.340. The minimum atomic E-state index is -0.806. The van der Waals surface area contributed by atoms with E-state index < -0.39 is 17.7 Å². The third kappa shape index (κ3) is 4.46. The van der Waals surface area contributed by atoms with Gasteiger partial charge in [0, 0.05) is 16.8 Å². The first-order valence-electron chi connectivity index (χ1n) is 7.33. The second-order valence-electron chi connectivity index (χ2n) is 5.07. The summed E-state index contributed by atoms with van der Waals surface area (Å²) < 4.78 is 32.0. The molecule has 0 fully saturated rings. The number of oxime groups is 1. The molecular formula is C18H11ClF2N2O3. The molecule has 0 spiro atoms. The molecule has 5 nitrogen and oxygen atoms in total. The molecule has 3 aromatic rings. The number of nitrogens with one attached hydrogen (secondary N) is 1. The van der Waals surface area contributed by atoms with Crippen LogP contribution in [-0.2, 0) is 4.84 Å². The van der Waals surface area contributed by atoms with Gasteiger partial charge in [0.05, 0.1) is 5.56 Å². The number of carbonyl (C=O) groups is 1. The highest BCUT2D eigenvalue weighted by atomic mass is 35.5. The van der Waals surface area contributed by atoms with Crippen LogP contribution in [0.4, 0.5) is 19.3 Å². The van der Waals surface area contributed by atoms with Gasteiger partial charge in [-0.3, -0.25) is 10.2 Å². The lowest BCUT2D eigenvalue weighted by Crippen LogP contribution is -2.10. The molecule has 0 atom stereocenters. The highest BCUT2D eigenvalue weighted by Gasteiger charge is 2.10. The molecule has 1 N–H and O–H groups in total. The quantitative estimate of drug-likeness (QED) is 0.373. The van der Waals surface area contributed by atoms with Gasteiger partial charge < -0.3 is 4.42 Å². The summed E-state index contributed by atoms with van der Waals surface area (Å²) in [7, 11) is 0. The normalized spacial score (nSPS) is 10.9. The van der Waals surface area contributed by atoms with Gasteiger partial charge in [0.15, 0.2) is 0 Å². The van der Waals surface area contributed by atoms with Gasteiger partial charge in [0.1, 0.15) is 29.4 Å². The van der Waals surface area contributed by atoms with Crippen LogP contribution in [0.5, 0.6) is 0 Å². The summed E-state index contributed by atoms with van der Waals surface area (Å²) in [6.45, 7) is 0. The second kappa shape index (κ2) is 7.79. The van der Waals surface area contributed by atoms with Crippen molar-refractivity contribution < 1.29 is 22.8 Å². The van der Waals surface area contributed by atoms with Crippen LogP contribution in [0.15, 0.2) is 64.2 Å². The molecule has 26 heavy (non-hydrogen) atoms. The molecule has 0 aliphatic carbocycles. The third-order valence-corrected chi connectivity index (χ3v) is 3.48. The molecule has 1 heterocycles. The number of furan rings is 1. The zero-order chi connectivity index (χ0) is 18.5. The van der Waals surface area contributed by atoms with Crippen molar-refractivity contribution in [2.75, 3.05) is 5.32 Å². The van der Waals surface area contributed by atoms with E-state index in [9.17, 15) is 13.6 Å². The number of benzene rings is 2. The van der Waals surface area contributed by atoms with Crippen LogP contribution in [0.25, 0.3) is 11.3 Å². The van der Waals surface area contributed by atoms with Gasteiger partial charge in [-0.25, -0.2) is 13.6 Å². The molecule has 0 unspecified atom stereocenters. The van der Waals surface area contributed by atoms with Gasteiger partial charge in [-0.05, 0) is 48.5 Å². The maximum Gasteiger partial charge on any atom is 0.437 e. The molecule has 2 aromatic carbocycles. The summed E-state index contributed by atoms with van der Waals surface area (Å²) in [4.78, 5) is 16.2. The van der Waals surface area contributed by atoms with Crippen molar-refractivity contribution in [3.8, 4) is 11.3 Å². The SMILES string of the molecule is O=C(Nc1ccc(Cl)cc1)ON=Cc1ccc(-c2ccc(F)cc2F)o1. The van der Waals surface area contributed by atoms with Crippen molar-refractivity contribution in [2.45, 2.75) is 0 Å². The standard InChI is InChI=1S/C18H11ClF2N2O3/c19-11-1-4-13(5-2-11)23-18(24)26-22-10-14-6-8-17(25-14)15-7-3-12(20)9-16(15)21/h1-10H,(H,23,24).